The van der Waals surface area contributed by atoms with Crippen LogP contribution in [0.1, 0.15) is 23.1 Å². The predicted octanol–water partition coefficient (Wildman–Crippen LogP) is 5.73. The average Bonchev–Trinajstić information content (AvgIpc) is 3.11. The van der Waals surface area contributed by atoms with Crippen molar-refractivity contribution in [3.05, 3.63) is 107 Å². The van der Waals surface area contributed by atoms with Crippen LogP contribution in [0.4, 0.5) is 4.39 Å². The first-order chi connectivity index (χ1) is 14.6. The second kappa shape index (κ2) is 9.14. The van der Waals surface area contributed by atoms with Crippen LogP contribution in [0.15, 0.2) is 79.0 Å². The van der Waals surface area contributed by atoms with Crippen LogP contribution in [0.5, 0.6) is 0 Å². The molecule has 0 aliphatic carbocycles. The molecule has 3 aromatic carbocycles. The van der Waals surface area contributed by atoms with Gasteiger partial charge >= 0.3 is 0 Å². The number of hydrogen-bond donors (Lipinski definition) is 1. The van der Waals surface area contributed by atoms with Crippen LogP contribution in [-0.4, -0.2) is 10.5 Å². The lowest BCUT2D eigenvalue weighted by atomic mass is 10.1. The van der Waals surface area contributed by atoms with Crippen LogP contribution < -0.4 is 5.32 Å². The summed E-state index contributed by atoms with van der Waals surface area (Å²) in [4.78, 5) is 12.3. The van der Waals surface area contributed by atoms with Gasteiger partial charge < -0.3 is 9.88 Å². The number of carbonyl (C=O) groups excluding carboxylic acids is 1. The van der Waals surface area contributed by atoms with Gasteiger partial charge in [-0.15, -0.1) is 0 Å². The van der Waals surface area contributed by atoms with E-state index in [4.69, 9.17) is 11.6 Å². The lowest BCUT2D eigenvalue weighted by Crippen LogP contribution is -2.22. The Labute approximate surface area is 180 Å². The van der Waals surface area contributed by atoms with E-state index < -0.39 is 0 Å². The molecule has 1 aromatic heterocycles. The highest BCUT2D eigenvalue weighted by Gasteiger charge is 2.12. The van der Waals surface area contributed by atoms with E-state index >= 15 is 0 Å². The van der Waals surface area contributed by atoms with Crippen LogP contribution >= 0.6 is 11.6 Å². The number of amides is 1. The Hall–Kier alpha value is -3.11. The van der Waals surface area contributed by atoms with Gasteiger partial charge in [-0.25, -0.2) is 4.39 Å². The normalized spacial score (nSPS) is 11.0. The molecule has 0 aliphatic rings. The van der Waals surface area contributed by atoms with Crippen molar-refractivity contribution in [2.24, 2.45) is 0 Å². The Morgan fingerprint density at radius 2 is 1.67 bits per heavy atom. The number of nitrogens with zero attached hydrogens (tertiary/aromatic N) is 1. The molecule has 3 nitrogen and oxygen atoms in total. The molecule has 1 amide bonds. The largest absolute Gasteiger partial charge is 0.352 e. The molecule has 30 heavy (non-hydrogen) atoms. The summed E-state index contributed by atoms with van der Waals surface area (Å²) in [6.45, 7) is 0.932. The van der Waals surface area contributed by atoms with Gasteiger partial charge in [-0.1, -0.05) is 60.1 Å². The fourth-order valence-electron chi connectivity index (χ4n) is 3.60. The minimum atomic E-state index is -0.210. The summed E-state index contributed by atoms with van der Waals surface area (Å²) in [6, 6.07) is 22.3. The van der Waals surface area contributed by atoms with Gasteiger partial charge in [-0.3, -0.25) is 4.79 Å². The summed E-state index contributed by atoms with van der Waals surface area (Å²) in [5.74, 6) is -0.214. The van der Waals surface area contributed by atoms with E-state index in [2.05, 4.69) is 9.88 Å². The number of hydrogen-bond acceptors (Lipinski definition) is 1. The van der Waals surface area contributed by atoms with Gasteiger partial charge in [0.2, 0.25) is 5.91 Å². The van der Waals surface area contributed by atoms with Crippen LogP contribution in [0.25, 0.3) is 10.9 Å². The first kappa shape index (κ1) is 20.2. The number of fused-ring (bicyclic) bond motifs is 1. The minimum absolute atomic E-state index is 0.00381. The number of rotatable bonds is 7. The smallest absolute Gasteiger partial charge is 0.220 e. The number of para-hydroxylation sites is 1. The number of aromatic nitrogens is 1. The van der Waals surface area contributed by atoms with Crippen molar-refractivity contribution in [2.45, 2.75) is 25.9 Å². The van der Waals surface area contributed by atoms with Crippen LogP contribution in [0.3, 0.4) is 0 Å². The van der Waals surface area contributed by atoms with E-state index in [9.17, 15) is 9.18 Å². The molecule has 4 rings (SSSR count). The van der Waals surface area contributed by atoms with E-state index in [0.717, 1.165) is 22.0 Å². The Kier molecular flexibility index (Phi) is 6.15. The highest BCUT2D eigenvalue weighted by Crippen LogP contribution is 2.24. The standard InChI is InChI=1S/C25H22ClFN2O/c26-21-12-9-18(10-13-21)15-28-25(30)14-11-19-16-29(24-8-4-2-6-22(19)24)17-20-5-1-3-7-23(20)27/h1-10,12-13,16H,11,14-15,17H2,(H,28,30). The van der Waals surface area contributed by atoms with E-state index in [1.165, 1.54) is 6.07 Å². The number of carbonyl (C=O) groups is 1. The zero-order valence-electron chi connectivity index (χ0n) is 16.4. The molecule has 5 heteroatoms. The SMILES string of the molecule is O=C(CCc1cn(Cc2ccccc2F)c2ccccc12)NCc1ccc(Cl)cc1. The summed E-state index contributed by atoms with van der Waals surface area (Å²) in [5.41, 5.74) is 3.78. The molecule has 152 valence electrons. The average molecular weight is 421 g/mol. The number of benzene rings is 3. The molecule has 0 saturated carbocycles. The van der Waals surface area contributed by atoms with Gasteiger partial charge in [-0.05, 0) is 41.8 Å². The first-order valence-corrected chi connectivity index (χ1v) is 10.3. The lowest BCUT2D eigenvalue weighted by Gasteiger charge is -2.06. The maximum atomic E-state index is 14.1. The van der Waals surface area contributed by atoms with Crippen LogP contribution in [0, 0.1) is 5.82 Å². The van der Waals surface area contributed by atoms with Gasteiger partial charge in [0.25, 0.3) is 0 Å². The molecule has 0 aliphatic heterocycles. The monoisotopic (exact) mass is 420 g/mol. The minimum Gasteiger partial charge on any atom is -0.352 e. The first-order valence-electron chi connectivity index (χ1n) is 9.91. The molecule has 1 heterocycles. The third-order valence-corrected chi connectivity index (χ3v) is 5.45. The van der Waals surface area contributed by atoms with Crippen molar-refractivity contribution >= 4 is 28.4 Å². The fraction of sp³-hybridized carbons (Fsp3) is 0.160. The number of aryl methyl sites for hydroxylation is 1. The van der Waals surface area contributed by atoms with Gasteiger partial charge in [0.05, 0.1) is 6.54 Å². The molecule has 0 spiro atoms. The van der Waals surface area contributed by atoms with E-state index in [0.29, 0.717) is 36.5 Å². The highest BCUT2D eigenvalue weighted by atomic mass is 35.5. The summed E-state index contributed by atoms with van der Waals surface area (Å²) < 4.78 is 16.2. The summed E-state index contributed by atoms with van der Waals surface area (Å²) in [5, 5.41) is 4.73. The molecule has 0 radical (unpaired) electrons. The zero-order valence-corrected chi connectivity index (χ0v) is 17.2. The summed E-state index contributed by atoms with van der Waals surface area (Å²) in [6.07, 6.45) is 3.04. The van der Waals surface area contributed by atoms with Crippen LogP contribution in [-0.2, 0) is 24.3 Å². The lowest BCUT2D eigenvalue weighted by molar-refractivity contribution is -0.121. The number of halogens is 2. The zero-order chi connectivity index (χ0) is 20.9. The Bertz CT molecular complexity index is 1170. The third-order valence-electron chi connectivity index (χ3n) is 5.19. The quantitative estimate of drug-likeness (QED) is 0.407. The van der Waals surface area contributed by atoms with Gasteiger partial charge in [-0.2, -0.15) is 0 Å². The maximum Gasteiger partial charge on any atom is 0.220 e. The molecular formula is C25H22ClFN2O. The van der Waals surface area contributed by atoms with Gasteiger partial charge in [0.1, 0.15) is 5.82 Å². The number of nitrogens with one attached hydrogen (secondary N) is 1. The van der Waals surface area contributed by atoms with E-state index in [1.54, 1.807) is 12.1 Å². The molecule has 0 fully saturated rings. The Balaban J connectivity index is 1.44. The molecule has 0 unspecified atom stereocenters. The van der Waals surface area contributed by atoms with Crippen molar-refractivity contribution in [1.29, 1.82) is 0 Å². The summed E-state index contributed by atoms with van der Waals surface area (Å²) in [7, 11) is 0. The third kappa shape index (κ3) is 4.71. The van der Waals surface area contributed by atoms with Crippen molar-refractivity contribution in [3.63, 3.8) is 0 Å². The molecule has 4 aromatic rings. The van der Waals surface area contributed by atoms with Crippen LogP contribution in [0.2, 0.25) is 5.02 Å². The molecule has 0 saturated heterocycles. The van der Waals surface area contributed by atoms with Crippen molar-refractivity contribution in [3.8, 4) is 0 Å². The van der Waals surface area contributed by atoms with E-state index in [-0.39, 0.29) is 11.7 Å². The molecular weight excluding hydrogens is 399 g/mol. The van der Waals surface area contributed by atoms with Crippen molar-refractivity contribution in [1.82, 2.24) is 9.88 Å². The highest BCUT2D eigenvalue weighted by molar-refractivity contribution is 6.30. The second-order valence-electron chi connectivity index (χ2n) is 7.29. The molecule has 0 atom stereocenters. The topological polar surface area (TPSA) is 34.0 Å². The summed E-state index contributed by atoms with van der Waals surface area (Å²) >= 11 is 5.89. The second-order valence-corrected chi connectivity index (χ2v) is 7.73. The Morgan fingerprint density at radius 3 is 2.47 bits per heavy atom. The van der Waals surface area contributed by atoms with Crippen molar-refractivity contribution < 1.29 is 9.18 Å². The van der Waals surface area contributed by atoms with Gasteiger partial charge in [0.15, 0.2) is 0 Å². The Morgan fingerprint density at radius 1 is 0.933 bits per heavy atom. The fourth-order valence-corrected chi connectivity index (χ4v) is 3.73. The van der Waals surface area contributed by atoms with E-state index in [1.807, 2.05) is 60.8 Å². The predicted molar refractivity (Wildman–Crippen MR) is 119 cm³/mol. The molecule has 0 bridgehead atoms. The van der Waals surface area contributed by atoms with Crippen molar-refractivity contribution in [2.75, 3.05) is 0 Å². The maximum absolute atomic E-state index is 14.1. The molecule has 1 N–H and O–H groups in total. The van der Waals surface area contributed by atoms with Gasteiger partial charge in [0, 0.05) is 40.7 Å².